The van der Waals surface area contributed by atoms with E-state index in [2.05, 4.69) is 23.8 Å². The summed E-state index contributed by atoms with van der Waals surface area (Å²) in [5.74, 6) is -0.104. The first kappa shape index (κ1) is 16.2. The maximum absolute atomic E-state index is 11.5. The summed E-state index contributed by atoms with van der Waals surface area (Å²) in [6, 6.07) is -0.304. The smallest absolute Gasteiger partial charge is 0.244 e. The maximum Gasteiger partial charge on any atom is 0.244 e. The average Bonchev–Trinajstić information content (AvgIpc) is 2.45. The monoisotopic (exact) mass is 276 g/mol. The standard InChI is InChI=1S/C16H24N2O2/c1-3-9-13(4-2)10-7-5-6-8-11-15(19)18-14-12-17-16(14)20/h3-4,9,14H,1-2,5-8,10-12H2,(H,17,20)(H,18,19)/b13-9+/t14-/m1/s1. The van der Waals surface area contributed by atoms with Gasteiger partial charge < -0.3 is 10.6 Å². The van der Waals surface area contributed by atoms with Crippen LogP contribution in [0.15, 0.2) is 37.0 Å². The van der Waals surface area contributed by atoms with Gasteiger partial charge in [0.15, 0.2) is 0 Å². The van der Waals surface area contributed by atoms with Crippen molar-refractivity contribution in [1.29, 1.82) is 0 Å². The van der Waals surface area contributed by atoms with Crippen LogP contribution in [0.3, 0.4) is 0 Å². The van der Waals surface area contributed by atoms with E-state index in [1.54, 1.807) is 6.08 Å². The van der Waals surface area contributed by atoms with Crippen molar-refractivity contribution in [1.82, 2.24) is 10.6 Å². The van der Waals surface area contributed by atoms with Crippen LogP contribution in [0.25, 0.3) is 0 Å². The highest BCUT2D eigenvalue weighted by Crippen LogP contribution is 2.12. The SMILES string of the molecule is C=C/C=C(\C=C)CCCCCCC(=O)N[C@@H]1CNC1=O. The third kappa shape index (κ3) is 5.87. The fourth-order valence-corrected chi connectivity index (χ4v) is 2.04. The summed E-state index contributed by atoms with van der Waals surface area (Å²) in [5, 5.41) is 5.32. The van der Waals surface area contributed by atoms with Crippen molar-refractivity contribution < 1.29 is 9.59 Å². The van der Waals surface area contributed by atoms with Crippen LogP contribution in [0.2, 0.25) is 0 Å². The van der Waals surface area contributed by atoms with Gasteiger partial charge in [0.25, 0.3) is 0 Å². The summed E-state index contributed by atoms with van der Waals surface area (Å²) >= 11 is 0. The molecule has 0 bridgehead atoms. The molecule has 2 N–H and O–H groups in total. The van der Waals surface area contributed by atoms with Gasteiger partial charge in [-0.3, -0.25) is 9.59 Å². The van der Waals surface area contributed by atoms with Crippen molar-refractivity contribution in [3.63, 3.8) is 0 Å². The molecule has 1 aliphatic heterocycles. The summed E-state index contributed by atoms with van der Waals surface area (Å²) in [7, 11) is 0. The zero-order chi connectivity index (χ0) is 14.8. The number of amides is 2. The Morgan fingerprint density at radius 1 is 1.25 bits per heavy atom. The van der Waals surface area contributed by atoms with E-state index >= 15 is 0 Å². The summed E-state index contributed by atoms with van der Waals surface area (Å²) < 4.78 is 0. The number of β-lactam (4-membered cyclic amide) rings is 1. The molecular weight excluding hydrogens is 252 g/mol. The summed E-state index contributed by atoms with van der Waals surface area (Å²) in [5.41, 5.74) is 1.20. The molecule has 4 heteroatoms. The topological polar surface area (TPSA) is 58.2 Å². The third-order valence-corrected chi connectivity index (χ3v) is 3.35. The predicted octanol–water partition coefficient (Wildman–Crippen LogP) is 2.24. The number of nitrogens with one attached hydrogen (secondary N) is 2. The first-order valence-corrected chi connectivity index (χ1v) is 7.18. The molecule has 1 atom stereocenters. The Balaban J connectivity index is 2.00. The van der Waals surface area contributed by atoms with Crippen LogP contribution in [0.5, 0.6) is 0 Å². The molecule has 0 saturated carbocycles. The maximum atomic E-state index is 11.5. The van der Waals surface area contributed by atoms with Crippen molar-refractivity contribution in [2.75, 3.05) is 6.54 Å². The van der Waals surface area contributed by atoms with Crippen LogP contribution in [-0.2, 0) is 9.59 Å². The highest BCUT2D eigenvalue weighted by molar-refractivity contribution is 5.92. The number of allylic oxidation sites excluding steroid dienone is 4. The zero-order valence-electron chi connectivity index (χ0n) is 12.0. The number of unbranched alkanes of at least 4 members (excludes halogenated alkanes) is 3. The number of rotatable bonds is 10. The molecule has 0 spiro atoms. The predicted molar refractivity (Wildman–Crippen MR) is 81.1 cm³/mol. The van der Waals surface area contributed by atoms with E-state index in [1.165, 1.54) is 5.57 Å². The van der Waals surface area contributed by atoms with Crippen molar-refractivity contribution in [3.8, 4) is 0 Å². The van der Waals surface area contributed by atoms with E-state index in [-0.39, 0.29) is 17.9 Å². The van der Waals surface area contributed by atoms with Crippen molar-refractivity contribution >= 4 is 11.8 Å². The van der Waals surface area contributed by atoms with Crippen molar-refractivity contribution in [3.05, 3.63) is 37.0 Å². The van der Waals surface area contributed by atoms with Gasteiger partial charge in [-0.1, -0.05) is 44.2 Å². The summed E-state index contributed by atoms with van der Waals surface area (Å²) in [4.78, 5) is 22.5. The molecule has 1 aliphatic rings. The van der Waals surface area contributed by atoms with Gasteiger partial charge in [-0.15, -0.1) is 0 Å². The fraction of sp³-hybridized carbons (Fsp3) is 0.500. The molecule has 0 aromatic heterocycles. The molecule has 2 amide bonds. The summed E-state index contributed by atoms with van der Waals surface area (Å²) in [6.07, 6.45) is 11.2. The molecule has 1 saturated heterocycles. The van der Waals surface area contributed by atoms with E-state index < -0.39 is 0 Å². The van der Waals surface area contributed by atoms with Crippen LogP contribution in [0.4, 0.5) is 0 Å². The van der Waals surface area contributed by atoms with Gasteiger partial charge in [-0.25, -0.2) is 0 Å². The van der Waals surface area contributed by atoms with Crippen molar-refractivity contribution in [2.45, 2.75) is 44.6 Å². The van der Waals surface area contributed by atoms with Crippen LogP contribution in [0, 0.1) is 0 Å². The van der Waals surface area contributed by atoms with E-state index in [0.29, 0.717) is 13.0 Å². The van der Waals surface area contributed by atoms with Gasteiger partial charge in [-0.2, -0.15) is 0 Å². The molecule has 1 heterocycles. The minimum Gasteiger partial charge on any atom is -0.352 e. The zero-order valence-corrected chi connectivity index (χ0v) is 12.0. The second-order valence-corrected chi connectivity index (χ2v) is 4.96. The quantitative estimate of drug-likeness (QED) is 0.365. The molecule has 1 rings (SSSR count). The number of carbonyl (C=O) groups is 2. The van der Waals surface area contributed by atoms with Crippen LogP contribution < -0.4 is 10.6 Å². The molecule has 0 aromatic carbocycles. The lowest BCUT2D eigenvalue weighted by Crippen LogP contribution is -2.61. The Morgan fingerprint density at radius 2 is 1.95 bits per heavy atom. The minimum absolute atomic E-state index is 0.0248. The molecule has 0 aliphatic carbocycles. The van der Waals surface area contributed by atoms with Crippen LogP contribution in [-0.4, -0.2) is 24.4 Å². The molecule has 20 heavy (non-hydrogen) atoms. The first-order valence-electron chi connectivity index (χ1n) is 7.18. The van der Waals surface area contributed by atoms with E-state index in [0.717, 1.165) is 32.1 Å². The van der Waals surface area contributed by atoms with E-state index in [4.69, 9.17) is 0 Å². The Kier molecular flexibility index (Phi) is 7.40. The number of hydrogen-bond acceptors (Lipinski definition) is 2. The summed E-state index contributed by atoms with van der Waals surface area (Å²) in [6.45, 7) is 7.99. The molecule has 0 aromatic rings. The first-order chi connectivity index (χ1) is 9.67. The van der Waals surface area contributed by atoms with Gasteiger partial charge in [0.05, 0.1) is 0 Å². The minimum atomic E-state index is -0.304. The Hall–Kier alpha value is -1.84. The van der Waals surface area contributed by atoms with E-state index in [9.17, 15) is 9.59 Å². The third-order valence-electron chi connectivity index (χ3n) is 3.35. The van der Waals surface area contributed by atoms with Gasteiger partial charge in [-0.05, 0) is 24.8 Å². The molecular formula is C16H24N2O2. The van der Waals surface area contributed by atoms with Gasteiger partial charge in [0, 0.05) is 13.0 Å². The normalized spacial score (nSPS) is 17.9. The molecule has 0 radical (unpaired) electrons. The average molecular weight is 276 g/mol. The second kappa shape index (κ2) is 9.13. The van der Waals surface area contributed by atoms with Crippen LogP contribution in [0.1, 0.15) is 38.5 Å². The lowest BCUT2D eigenvalue weighted by Gasteiger charge is -2.26. The highest BCUT2D eigenvalue weighted by Gasteiger charge is 2.28. The van der Waals surface area contributed by atoms with Gasteiger partial charge in [0.2, 0.25) is 11.8 Å². The molecule has 110 valence electrons. The fourth-order valence-electron chi connectivity index (χ4n) is 2.04. The number of carbonyl (C=O) groups excluding carboxylic acids is 2. The Bertz CT molecular complexity index is 399. The molecule has 1 fully saturated rings. The van der Waals surface area contributed by atoms with Crippen molar-refractivity contribution in [2.24, 2.45) is 0 Å². The van der Waals surface area contributed by atoms with Gasteiger partial charge in [0.1, 0.15) is 6.04 Å². The largest absolute Gasteiger partial charge is 0.352 e. The second-order valence-electron chi connectivity index (χ2n) is 4.96. The van der Waals surface area contributed by atoms with E-state index in [1.807, 2.05) is 12.2 Å². The molecule has 4 nitrogen and oxygen atoms in total. The Morgan fingerprint density at radius 3 is 2.45 bits per heavy atom. The highest BCUT2D eigenvalue weighted by atomic mass is 16.2. The number of hydrogen-bond donors (Lipinski definition) is 2. The lowest BCUT2D eigenvalue weighted by atomic mass is 10.0. The van der Waals surface area contributed by atoms with Crippen LogP contribution >= 0.6 is 0 Å². The van der Waals surface area contributed by atoms with Gasteiger partial charge >= 0.3 is 0 Å². The lowest BCUT2D eigenvalue weighted by molar-refractivity contribution is -0.133. The Labute approximate surface area is 121 Å². The molecule has 0 unspecified atom stereocenters.